The Hall–Kier alpha value is -1.95. The average molecular weight is 545 g/mol. The van der Waals surface area contributed by atoms with Crippen LogP contribution in [-0.2, 0) is 24.8 Å². The van der Waals surface area contributed by atoms with E-state index in [4.69, 9.17) is 0 Å². The van der Waals surface area contributed by atoms with E-state index >= 15 is 0 Å². The molecule has 2 aromatic rings. The normalized spacial score (nSPS) is 20.0. The Bertz CT molecular complexity index is 1200. The van der Waals surface area contributed by atoms with Crippen LogP contribution in [-0.4, -0.2) is 46.3 Å². The van der Waals surface area contributed by atoms with Crippen molar-refractivity contribution in [1.29, 1.82) is 0 Å². The van der Waals surface area contributed by atoms with Crippen LogP contribution in [0.5, 0.6) is 0 Å². The molecule has 1 saturated heterocycles. The van der Waals surface area contributed by atoms with Crippen LogP contribution in [0, 0.1) is 0 Å². The molecule has 1 aliphatic heterocycles. The van der Waals surface area contributed by atoms with Crippen molar-refractivity contribution < 1.29 is 26.4 Å². The topological polar surface area (TPSA) is 110 Å². The molecule has 0 unspecified atom stereocenters. The number of methoxy groups -OCH3 is 1. The van der Waals surface area contributed by atoms with Crippen molar-refractivity contribution in [1.82, 2.24) is 4.31 Å². The lowest BCUT2D eigenvalue weighted by Crippen LogP contribution is -2.47. The van der Waals surface area contributed by atoms with Crippen molar-refractivity contribution in [3.05, 3.63) is 52.5 Å². The zero-order chi connectivity index (χ0) is 23.7. The van der Waals surface area contributed by atoms with Gasteiger partial charge in [-0.3, -0.25) is 4.72 Å². The van der Waals surface area contributed by atoms with Gasteiger partial charge in [0.2, 0.25) is 10.0 Å². The predicted octanol–water partition coefficient (Wildman–Crippen LogP) is 3.99. The van der Waals surface area contributed by atoms with Crippen molar-refractivity contribution in [3.63, 3.8) is 0 Å². The van der Waals surface area contributed by atoms with Gasteiger partial charge in [-0.2, -0.15) is 4.31 Å². The van der Waals surface area contributed by atoms with E-state index in [1.807, 2.05) is 13.8 Å². The standard InChI is InChI=1S/C21H25BrN2O6S2/c1-14-5-4-6-15(2)24(14)32(28,29)18-10-8-17(9-11-18)23-31(26,27)20-12-7-16(22)13-19(20)21(25)30-3/h7-15,23H,4-6H2,1-3H3/t14-,15+. The lowest BCUT2D eigenvalue weighted by Gasteiger charge is -2.37. The minimum atomic E-state index is -4.13. The SMILES string of the molecule is COC(=O)c1cc(Br)ccc1S(=O)(=O)Nc1ccc(S(=O)(=O)N2[C@H](C)CCC[C@@H]2C)cc1. The summed E-state index contributed by atoms with van der Waals surface area (Å²) in [5, 5.41) is 0. The molecule has 1 heterocycles. The maximum Gasteiger partial charge on any atom is 0.339 e. The second kappa shape index (κ2) is 9.50. The highest BCUT2D eigenvalue weighted by molar-refractivity contribution is 9.10. The molecule has 11 heteroatoms. The minimum absolute atomic E-state index is 0.0972. The number of anilines is 1. The minimum Gasteiger partial charge on any atom is -0.465 e. The van der Waals surface area contributed by atoms with E-state index in [1.54, 1.807) is 0 Å². The Morgan fingerprint density at radius 2 is 1.62 bits per heavy atom. The molecule has 0 saturated carbocycles. The van der Waals surface area contributed by atoms with Crippen LogP contribution >= 0.6 is 15.9 Å². The lowest BCUT2D eigenvalue weighted by atomic mass is 10.0. The fraction of sp³-hybridized carbons (Fsp3) is 0.381. The van der Waals surface area contributed by atoms with Gasteiger partial charge in [-0.25, -0.2) is 21.6 Å². The molecule has 2 atom stereocenters. The number of carbonyl (C=O) groups is 1. The first-order chi connectivity index (χ1) is 15.0. The summed E-state index contributed by atoms with van der Waals surface area (Å²) in [6.45, 7) is 3.79. The molecule has 1 N–H and O–H groups in total. The number of rotatable bonds is 6. The van der Waals surface area contributed by atoms with E-state index in [0.717, 1.165) is 26.4 Å². The fourth-order valence-corrected chi connectivity index (χ4v) is 7.38. The third-order valence-electron chi connectivity index (χ3n) is 5.43. The van der Waals surface area contributed by atoms with Crippen LogP contribution in [0.3, 0.4) is 0 Å². The van der Waals surface area contributed by atoms with Gasteiger partial charge in [0, 0.05) is 22.2 Å². The molecular formula is C21H25BrN2O6S2. The summed E-state index contributed by atoms with van der Waals surface area (Å²) in [6, 6.07) is 9.48. The quantitative estimate of drug-likeness (QED) is 0.550. The van der Waals surface area contributed by atoms with Gasteiger partial charge >= 0.3 is 5.97 Å². The smallest absolute Gasteiger partial charge is 0.339 e. The monoisotopic (exact) mass is 544 g/mol. The van der Waals surface area contributed by atoms with Crippen LogP contribution in [0.1, 0.15) is 43.5 Å². The van der Waals surface area contributed by atoms with Gasteiger partial charge in [-0.15, -0.1) is 0 Å². The fourth-order valence-electron chi connectivity index (χ4n) is 3.90. The predicted molar refractivity (Wildman–Crippen MR) is 125 cm³/mol. The van der Waals surface area contributed by atoms with Crippen molar-refractivity contribution >= 4 is 47.6 Å². The second-order valence-electron chi connectivity index (χ2n) is 7.73. The summed E-state index contributed by atoms with van der Waals surface area (Å²) in [6.07, 6.45) is 2.59. The van der Waals surface area contributed by atoms with Gasteiger partial charge in [0.15, 0.2) is 0 Å². The number of hydrogen-bond acceptors (Lipinski definition) is 6. The van der Waals surface area contributed by atoms with E-state index in [9.17, 15) is 21.6 Å². The van der Waals surface area contributed by atoms with E-state index in [2.05, 4.69) is 25.4 Å². The molecule has 0 aromatic heterocycles. The van der Waals surface area contributed by atoms with Crippen molar-refractivity contribution in [3.8, 4) is 0 Å². The summed E-state index contributed by atoms with van der Waals surface area (Å²) < 4.78 is 61.2. The maximum absolute atomic E-state index is 13.1. The number of nitrogens with zero attached hydrogens (tertiary/aromatic N) is 1. The summed E-state index contributed by atoms with van der Waals surface area (Å²) in [5.74, 6) is -0.794. The molecule has 0 amide bonds. The number of hydrogen-bond donors (Lipinski definition) is 1. The molecule has 2 aromatic carbocycles. The van der Waals surface area contributed by atoms with E-state index < -0.39 is 26.0 Å². The number of benzene rings is 2. The van der Waals surface area contributed by atoms with Crippen LogP contribution in [0.25, 0.3) is 0 Å². The van der Waals surface area contributed by atoms with Crippen LogP contribution < -0.4 is 4.72 Å². The van der Waals surface area contributed by atoms with Crippen LogP contribution in [0.2, 0.25) is 0 Å². The van der Waals surface area contributed by atoms with E-state index in [1.165, 1.54) is 46.8 Å². The van der Waals surface area contributed by atoms with Gasteiger partial charge in [-0.1, -0.05) is 22.4 Å². The first kappa shape index (κ1) is 24.7. The molecule has 8 nitrogen and oxygen atoms in total. The molecule has 0 radical (unpaired) electrons. The van der Waals surface area contributed by atoms with Gasteiger partial charge in [0.25, 0.3) is 10.0 Å². The number of halogens is 1. The number of carbonyl (C=O) groups excluding carboxylic acids is 1. The zero-order valence-electron chi connectivity index (χ0n) is 17.9. The Morgan fingerprint density at radius 1 is 1.03 bits per heavy atom. The summed E-state index contributed by atoms with van der Waals surface area (Å²) in [4.78, 5) is 11.9. The summed E-state index contributed by atoms with van der Waals surface area (Å²) >= 11 is 3.21. The highest BCUT2D eigenvalue weighted by Gasteiger charge is 2.35. The maximum atomic E-state index is 13.1. The largest absolute Gasteiger partial charge is 0.465 e. The molecule has 0 aliphatic carbocycles. The Labute approximate surface area is 197 Å². The third-order valence-corrected chi connectivity index (χ3v) is 9.51. The highest BCUT2D eigenvalue weighted by atomic mass is 79.9. The number of sulfonamides is 2. The summed E-state index contributed by atoms with van der Waals surface area (Å²) in [5.41, 5.74) is 0.0454. The average Bonchev–Trinajstić information content (AvgIpc) is 2.72. The molecule has 0 spiro atoms. The first-order valence-corrected chi connectivity index (χ1v) is 13.7. The molecule has 0 bridgehead atoms. The highest BCUT2D eigenvalue weighted by Crippen LogP contribution is 2.30. The van der Waals surface area contributed by atoms with Crippen molar-refractivity contribution in [2.24, 2.45) is 0 Å². The molecule has 1 fully saturated rings. The third kappa shape index (κ3) is 5.00. The van der Waals surface area contributed by atoms with Crippen molar-refractivity contribution in [2.45, 2.75) is 55.0 Å². The Balaban J connectivity index is 1.88. The molecular weight excluding hydrogens is 520 g/mol. The number of piperidine rings is 1. The van der Waals surface area contributed by atoms with Crippen LogP contribution in [0.4, 0.5) is 5.69 Å². The van der Waals surface area contributed by atoms with Gasteiger partial charge in [0.05, 0.1) is 17.6 Å². The van der Waals surface area contributed by atoms with Gasteiger partial charge in [0.1, 0.15) is 4.90 Å². The Kier molecular flexibility index (Phi) is 7.33. The van der Waals surface area contributed by atoms with Gasteiger partial charge in [-0.05, 0) is 69.2 Å². The summed E-state index contributed by atoms with van der Waals surface area (Å²) in [7, 11) is -6.68. The van der Waals surface area contributed by atoms with E-state index in [-0.39, 0.29) is 33.1 Å². The first-order valence-electron chi connectivity index (χ1n) is 10.0. The van der Waals surface area contributed by atoms with E-state index in [0.29, 0.717) is 4.47 Å². The second-order valence-corrected chi connectivity index (χ2v) is 12.1. The molecule has 174 valence electrons. The van der Waals surface area contributed by atoms with Crippen LogP contribution in [0.15, 0.2) is 56.7 Å². The van der Waals surface area contributed by atoms with Crippen molar-refractivity contribution in [2.75, 3.05) is 11.8 Å². The number of nitrogens with one attached hydrogen (secondary N) is 1. The lowest BCUT2D eigenvalue weighted by molar-refractivity contribution is 0.0596. The van der Waals surface area contributed by atoms with Gasteiger partial charge < -0.3 is 4.74 Å². The molecule has 1 aliphatic rings. The number of ether oxygens (including phenoxy) is 1. The number of esters is 1. The molecule has 3 rings (SSSR count). The molecule has 32 heavy (non-hydrogen) atoms. The Morgan fingerprint density at radius 3 is 2.19 bits per heavy atom. The zero-order valence-corrected chi connectivity index (χ0v) is 21.1.